The van der Waals surface area contributed by atoms with E-state index in [4.69, 9.17) is 4.74 Å². The van der Waals surface area contributed by atoms with E-state index in [2.05, 4.69) is 0 Å². The van der Waals surface area contributed by atoms with Gasteiger partial charge >= 0.3 is 0 Å². The first-order valence-electron chi connectivity index (χ1n) is 10.5. The van der Waals surface area contributed by atoms with Crippen LogP contribution in [0.4, 0.5) is 11.4 Å². The molecule has 8 nitrogen and oxygen atoms in total. The molecule has 1 fully saturated rings. The highest BCUT2D eigenvalue weighted by atomic mass is 16.6. The molecule has 0 aliphatic carbocycles. The number of hydrogen-bond donors (Lipinski definition) is 1. The van der Waals surface area contributed by atoms with Crippen LogP contribution in [0.5, 0.6) is 5.75 Å². The number of nitro benzene ring substituents is 1. The molecular formula is C26H22N2O6. The van der Waals surface area contributed by atoms with Gasteiger partial charge in [0.1, 0.15) is 11.5 Å². The highest BCUT2D eigenvalue weighted by Crippen LogP contribution is 2.43. The van der Waals surface area contributed by atoms with Gasteiger partial charge in [-0.15, -0.1) is 0 Å². The largest absolute Gasteiger partial charge is 0.507 e. The van der Waals surface area contributed by atoms with Gasteiger partial charge in [-0.05, 0) is 60.9 Å². The van der Waals surface area contributed by atoms with Crippen LogP contribution < -0.4 is 9.64 Å². The lowest BCUT2D eigenvalue weighted by Gasteiger charge is -2.27. The number of amides is 1. The Bertz CT molecular complexity index is 1330. The molecule has 1 unspecified atom stereocenters. The molecule has 8 heteroatoms. The highest BCUT2D eigenvalue weighted by molar-refractivity contribution is 6.51. The number of aliphatic hydroxyl groups excluding tert-OH is 1. The first-order chi connectivity index (χ1) is 16.2. The number of methoxy groups -OCH3 is 1. The number of carbonyl (C=O) groups is 2. The summed E-state index contributed by atoms with van der Waals surface area (Å²) in [6.45, 7) is 3.73. The van der Waals surface area contributed by atoms with Crippen LogP contribution in [0.15, 0.2) is 72.3 Å². The summed E-state index contributed by atoms with van der Waals surface area (Å²) in [5, 5.41) is 22.1. The molecule has 34 heavy (non-hydrogen) atoms. The van der Waals surface area contributed by atoms with E-state index in [1.165, 1.54) is 36.3 Å². The van der Waals surface area contributed by atoms with E-state index in [-0.39, 0.29) is 16.8 Å². The van der Waals surface area contributed by atoms with Crippen molar-refractivity contribution in [2.45, 2.75) is 19.9 Å². The molecule has 1 amide bonds. The number of Topliss-reactive ketones (excluding diaryl/α,β-unsaturated/α-hetero) is 1. The summed E-state index contributed by atoms with van der Waals surface area (Å²) >= 11 is 0. The van der Waals surface area contributed by atoms with Crippen molar-refractivity contribution in [1.82, 2.24) is 0 Å². The summed E-state index contributed by atoms with van der Waals surface area (Å²) in [4.78, 5) is 38.4. The molecule has 1 aliphatic rings. The summed E-state index contributed by atoms with van der Waals surface area (Å²) in [5.41, 5.74) is 2.81. The molecule has 3 aromatic rings. The number of benzene rings is 3. The van der Waals surface area contributed by atoms with E-state index in [1.807, 2.05) is 32.0 Å². The molecule has 172 valence electrons. The van der Waals surface area contributed by atoms with Gasteiger partial charge in [-0.2, -0.15) is 0 Å². The first kappa shape index (κ1) is 22.7. The Morgan fingerprint density at radius 3 is 2.24 bits per heavy atom. The zero-order valence-electron chi connectivity index (χ0n) is 18.8. The molecular weight excluding hydrogens is 436 g/mol. The minimum Gasteiger partial charge on any atom is -0.507 e. The summed E-state index contributed by atoms with van der Waals surface area (Å²) in [7, 11) is 1.53. The maximum absolute atomic E-state index is 13.3. The van der Waals surface area contributed by atoms with Crippen molar-refractivity contribution in [3.63, 3.8) is 0 Å². The van der Waals surface area contributed by atoms with E-state index in [9.17, 15) is 24.8 Å². The monoisotopic (exact) mass is 458 g/mol. The Balaban J connectivity index is 1.94. The molecule has 0 radical (unpaired) electrons. The smallest absolute Gasteiger partial charge is 0.300 e. The second kappa shape index (κ2) is 8.82. The number of aliphatic hydroxyl groups is 1. The average Bonchev–Trinajstić information content (AvgIpc) is 3.10. The van der Waals surface area contributed by atoms with Crippen LogP contribution in [-0.4, -0.2) is 28.8 Å². The molecule has 0 aromatic heterocycles. The van der Waals surface area contributed by atoms with Crippen LogP contribution in [0, 0.1) is 24.0 Å². The van der Waals surface area contributed by atoms with Crippen LogP contribution in [-0.2, 0) is 9.59 Å². The minimum absolute atomic E-state index is 0.0927. The standard InChI is InChI=1S/C26H22N2O6/c1-15-4-5-16(2)21(14-15)27-23(17-8-12-20(34-3)13-9-17)22(25(30)26(27)31)24(29)18-6-10-19(11-7-18)28(32)33/h4-14,23,29H,1-3H3/b24-22-. The van der Waals surface area contributed by atoms with Crippen molar-refractivity contribution in [1.29, 1.82) is 0 Å². The van der Waals surface area contributed by atoms with Crippen LogP contribution >= 0.6 is 0 Å². The van der Waals surface area contributed by atoms with E-state index >= 15 is 0 Å². The van der Waals surface area contributed by atoms with Crippen molar-refractivity contribution in [3.05, 3.63) is 105 Å². The number of nitro groups is 1. The van der Waals surface area contributed by atoms with E-state index in [0.29, 0.717) is 17.0 Å². The summed E-state index contributed by atoms with van der Waals surface area (Å²) in [6.07, 6.45) is 0. The summed E-state index contributed by atoms with van der Waals surface area (Å²) < 4.78 is 5.23. The van der Waals surface area contributed by atoms with E-state index in [1.54, 1.807) is 24.3 Å². The van der Waals surface area contributed by atoms with Crippen LogP contribution in [0.2, 0.25) is 0 Å². The fourth-order valence-corrected chi connectivity index (χ4v) is 4.06. The number of aryl methyl sites for hydroxylation is 2. The average molecular weight is 458 g/mol. The second-order valence-electron chi connectivity index (χ2n) is 8.04. The van der Waals surface area contributed by atoms with Gasteiger partial charge < -0.3 is 9.84 Å². The normalized spacial score (nSPS) is 17.1. The Labute approximate surface area is 195 Å². The topological polar surface area (TPSA) is 110 Å². The molecule has 1 aliphatic heterocycles. The third kappa shape index (κ3) is 3.90. The molecule has 1 saturated heterocycles. The Hall–Kier alpha value is -4.46. The van der Waals surface area contributed by atoms with Gasteiger partial charge in [0, 0.05) is 23.4 Å². The van der Waals surface area contributed by atoms with Crippen molar-refractivity contribution in [2.75, 3.05) is 12.0 Å². The van der Waals surface area contributed by atoms with Crippen LogP contribution in [0.1, 0.15) is 28.3 Å². The predicted octanol–water partition coefficient (Wildman–Crippen LogP) is 4.85. The minimum atomic E-state index is -0.901. The van der Waals surface area contributed by atoms with Crippen molar-refractivity contribution < 1.29 is 24.4 Å². The number of rotatable bonds is 5. The van der Waals surface area contributed by atoms with Gasteiger partial charge in [0.2, 0.25) is 0 Å². The molecule has 1 N–H and O–H groups in total. The Morgan fingerprint density at radius 2 is 1.65 bits per heavy atom. The lowest BCUT2D eigenvalue weighted by atomic mass is 9.94. The third-order valence-corrected chi connectivity index (χ3v) is 5.85. The molecule has 3 aromatic carbocycles. The molecule has 0 saturated carbocycles. The Kier molecular flexibility index (Phi) is 5.89. The SMILES string of the molecule is COc1ccc(C2/C(=C(/O)c3ccc([N+](=O)[O-])cc3)C(=O)C(=O)N2c2cc(C)ccc2C)cc1. The highest BCUT2D eigenvalue weighted by Gasteiger charge is 2.47. The van der Waals surface area contributed by atoms with Gasteiger partial charge in [0.25, 0.3) is 17.4 Å². The fraction of sp³-hybridized carbons (Fsp3) is 0.154. The third-order valence-electron chi connectivity index (χ3n) is 5.85. The van der Waals surface area contributed by atoms with Gasteiger partial charge in [0.05, 0.1) is 23.6 Å². The molecule has 0 bridgehead atoms. The van der Waals surface area contributed by atoms with Crippen molar-refractivity contribution in [2.24, 2.45) is 0 Å². The van der Waals surface area contributed by atoms with Gasteiger partial charge in [-0.25, -0.2) is 0 Å². The van der Waals surface area contributed by atoms with Crippen molar-refractivity contribution >= 4 is 28.8 Å². The summed E-state index contributed by atoms with van der Waals surface area (Å²) in [5.74, 6) is -1.40. The maximum atomic E-state index is 13.3. The molecule has 1 heterocycles. The second-order valence-corrected chi connectivity index (χ2v) is 8.04. The van der Waals surface area contributed by atoms with Gasteiger partial charge in [-0.1, -0.05) is 24.3 Å². The number of ketones is 1. The van der Waals surface area contributed by atoms with Gasteiger partial charge in [-0.3, -0.25) is 24.6 Å². The summed E-state index contributed by atoms with van der Waals surface area (Å²) in [6, 6.07) is 16.8. The molecule has 4 rings (SSSR count). The van der Waals surface area contributed by atoms with E-state index in [0.717, 1.165) is 11.1 Å². The zero-order valence-corrected chi connectivity index (χ0v) is 18.8. The molecule has 1 atom stereocenters. The zero-order chi connectivity index (χ0) is 24.6. The number of non-ortho nitro benzene ring substituents is 1. The van der Waals surface area contributed by atoms with Crippen LogP contribution in [0.25, 0.3) is 5.76 Å². The lowest BCUT2D eigenvalue weighted by molar-refractivity contribution is -0.384. The van der Waals surface area contributed by atoms with E-state index < -0.39 is 28.4 Å². The van der Waals surface area contributed by atoms with Crippen molar-refractivity contribution in [3.8, 4) is 5.75 Å². The Morgan fingerprint density at radius 1 is 1.00 bits per heavy atom. The first-order valence-corrected chi connectivity index (χ1v) is 10.5. The quantitative estimate of drug-likeness (QED) is 0.192. The number of nitrogens with zero attached hydrogens (tertiary/aromatic N) is 2. The number of ether oxygens (including phenoxy) is 1. The molecule has 0 spiro atoms. The van der Waals surface area contributed by atoms with Crippen LogP contribution in [0.3, 0.4) is 0 Å². The number of carbonyl (C=O) groups excluding carboxylic acids is 2. The lowest BCUT2D eigenvalue weighted by Crippen LogP contribution is -2.30. The number of hydrogen-bond acceptors (Lipinski definition) is 6. The number of anilines is 1. The predicted molar refractivity (Wildman–Crippen MR) is 127 cm³/mol. The van der Waals surface area contributed by atoms with Gasteiger partial charge in [0.15, 0.2) is 0 Å². The fourth-order valence-electron chi connectivity index (χ4n) is 4.06. The maximum Gasteiger partial charge on any atom is 0.300 e.